The zero-order valence-electron chi connectivity index (χ0n) is 20.1. The van der Waals surface area contributed by atoms with E-state index in [1.807, 2.05) is 6.08 Å². The minimum absolute atomic E-state index is 0.0618. The summed E-state index contributed by atoms with van der Waals surface area (Å²) in [6.07, 6.45) is 3.88. The number of rotatable bonds is 11. The molecule has 0 radical (unpaired) electrons. The first-order valence-electron chi connectivity index (χ1n) is 10.6. The third-order valence-corrected chi connectivity index (χ3v) is 15.7. The minimum atomic E-state index is -1.88. The lowest BCUT2D eigenvalue weighted by atomic mass is 9.95. The SMILES string of the molecule is C=CC[C@@H](C)[C@H](C[C@H](O)CCO[Si](C)(C)C(C)(C)C)O[Si](C)(C)C(C)(C)C. The predicted octanol–water partition coefficient (Wildman–Crippen LogP) is 6.75. The fourth-order valence-electron chi connectivity index (χ4n) is 2.42. The highest BCUT2D eigenvalue weighted by Gasteiger charge is 2.40. The molecule has 0 fully saturated rings. The van der Waals surface area contributed by atoms with Gasteiger partial charge in [0.25, 0.3) is 0 Å². The molecule has 0 bridgehead atoms. The molecule has 3 nitrogen and oxygen atoms in total. The van der Waals surface area contributed by atoms with Crippen LogP contribution < -0.4 is 0 Å². The Kier molecular flexibility index (Phi) is 10.2. The Hall–Kier alpha value is 0.0538. The van der Waals surface area contributed by atoms with Gasteiger partial charge in [-0.15, -0.1) is 6.58 Å². The molecule has 0 aliphatic carbocycles. The molecule has 0 aliphatic heterocycles. The standard InChI is InChI=1S/C22H48O3Si2/c1-13-14-18(2)20(25-27(11,12)22(6,7)8)17-19(23)15-16-24-26(9,10)21(3,4)5/h13,18-20,23H,1,14-17H2,2-12H3/t18-,19-,20+/m1/s1. The third kappa shape index (κ3) is 8.94. The lowest BCUT2D eigenvalue weighted by Crippen LogP contribution is -2.46. The monoisotopic (exact) mass is 416 g/mol. The fraction of sp³-hybridized carbons (Fsp3) is 0.909. The van der Waals surface area contributed by atoms with E-state index < -0.39 is 22.7 Å². The van der Waals surface area contributed by atoms with Gasteiger partial charge in [-0.3, -0.25) is 0 Å². The highest BCUT2D eigenvalue weighted by atomic mass is 28.4. The van der Waals surface area contributed by atoms with Gasteiger partial charge in [0.1, 0.15) is 0 Å². The van der Waals surface area contributed by atoms with Gasteiger partial charge in [-0.05, 0) is 61.4 Å². The second-order valence-corrected chi connectivity index (χ2v) is 20.8. The molecule has 0 saturated heterocycles. The molecule has 0 amide bonds. The topological polar surface area (TPSA) is 38.7 Å². The van der Waals surface area contributed by atoms with E-state index in [1.165, 1.54) is 0 Å². The zero-order valence-corrected chi connectivity index (χ0v) is 22.1. The number of aliphatic hydroxyl groups excluding tert-OH is 1. The van der Waals surface area contributed by atoms with Crippen molar-refractivity contribution in [2.24, 2.45) is 5.92 Å². The van der Waals surface area contributed by atoms with E-state index in [0.717, 1.165) is 6.42 Å². The lowest BCUT2D eigenvalue weighted by molar-refractivity contribution is 0.0456. The normalized spacial score (nSPS) is 17.5. The molecule has 1 N–H and O–H groups in total. The Bertz CT molecular complexity index is 447. The maximum Gasteiger partial charge on any atom is 0.192 e. The molecule has 0 saturated carbocycles. The maximum atomic E-state index is 10.7. The van der Waals surface area contributed by atoms with Crippen molar-refractivity contribution >= 4 is 16.6 Å². The van der Waals surface area contributed by atoms with Crippen LogP contribution in [0.25, 0.3) is 0 Å². The summed E-state index contributed by atoms with van der Waals surface area (Å²) in [4.78, 5) is 0. The van der Waals surface area contributed by atoms with Gasteiger partial charge < -0.3 is 14.0 Å². The van der Waals surface area contributed by atoms with E-state index in [1.54, 1.807) is 0 Å². The molecule has 0 aromatic heterocycles. The van der Waals surface area contributed by atoms with Gasteiger partial charge in [0, 0.05) is 6.61 Å². The van der Waals surface area contributed by atoms with Crippen LogP contribution in [0.15, 0.2) is 12.7 Å². The predicted molar refractivity (Wildman–Crippen MR) is 124 cm³/mol. The van der Waals surface area contributed by atoms with Gasteiger partial charge in [-0.1, -0.05) is 54.5 Å². The maximum absolute atomic E-state index is 10.7. The van der Waals surface area contributed by atoms with Crippen molar-refractivity contribution in [1.29, 1.82) is 0 Å². The molecular weight excluding hydrogens is 368 g/mol. The van der Waals surface area contributed by atoms with E-state index >= 15 is 0 Å². The van der Waals surface area contributed by atoms with Crippen LogP contribution >= 0.6 is 0 Å². The van der Waals surface area contributed by atoms with Gasteiger partial charge in [0.05, 0.1) is 12.2 Å². The van der Waals surface area contributed by atoms with Crippen LogP contribution in [0, 0.1) is 5.92 Å². The second-order valence-electron chi connectivity index (χ2n) is 11.2. The summed E-state index contributed by atoms with van der Waals surface area (Å²) in [6.45, 7) is 29.3. The first-order valence-corrected chi connectivity index (χ1v) is 16.4. The van der Waals surface area contributed by atoms with Crippen LogP contribution in [0.1, 0.15) is 67.7 Å². The van der Waals surface area contributed by atoms with Crippen molar-refractivity contribution in [2.45, 2.75) is 116 Å². The number of aliphatic hydroxyl groups is 1. The van der Waals surface area contributed by atoms with Crippen molar-refractivity contribution in [1.82, 2.24) is 0 Å². The second kappa shape index (κ2) is 10.2. The summed E-state index contributed by atoms with van der Waals surface area (Å²) in [5, 5.41) is 11.0. The van der Waals surface area contributed by atoms with Crippen molar-refractivity contribution in [2.75, 3.05) is 6.61 Å². The van der Waals surface area contributed by atoms with Crippen molar-refractivity contribution in [3.63, 3.8) is 0 Å². The van der Waals surface area contributed by atoms with Crippen molar-refractivity contribution in [3.8, 4) is 0 Å². The van der Waals surface area contributed by atoms with Crippen molar-refractivity contribution < 1.29 is 14.0 Å². The molecule has 162 valence electrons. The quantitative estimate of drug-likeness (QED) is 0.299. The largest absolute Gasteiger partial charge is 0.417 e. The van der Waals surface area contributed by atoms with Crippen LogP contribution in [-0.2, 0) is 8.85 Å². The Balaban J connectivity index is 4.90. The Morgan fingerprint density at radius 2 is 1.44 bits per heavy atom. The first kappa shape index (κ1) is 27.1. The summed E-state index contributed by atoms with van der Waals surface area (Å²) in [7, 11) is -3.64. The molecular formula is C22H48O3Si2. The van der Waals surface area contributed by atoms with Crippen LogP contribution in [0.4, 0.5) is 0 Å². The van der Waals surface area contributed by atoms with E-state index in [9.17, 15) is 5.11 Å². The summed E-state index contributed by atoms with van der Waals surface area (Å²) in [5.41, 5.74) is 0. The molecule has 0 unspecified atom stereocenters. The van der Waals surface area contributed by atoms with E-state index in [4.69, 9.17) is 8.85 Å². The van der Waals surface area contributed by atoms with Crippen LogP contribution in [-0.4, -0.2) is 40.6 Å². The van der Waals surface area contributed by atoms with E-state index in [-0.39, 0.29) is 16.2 Å². The Morgan fingerprint density at radius 3 is 1.85 bits per heavy atom. The van der Waals surface area contributed by atoms with Gasteiger partial charge >= 0.3 is 0 Å². The summed E-state index contributed by atoms with van der Waals surface area (Å²) in [5.74, 6) is 0.354. The van der Waals surface area contributed by atoms with Crippen LogP contribution in [0.2, 0.25) is 36.3 Å². The fourth-order valence-corrected chi connectivity index (χ4v) is 4.92. The smallest absolute Gasteiger partial charge is 0.192 e. The molecule has 0 heterocycles. The Labute approximate surface area is 172 Å². The van der Waals surface area contributed by atoms with Gasteiger partial charge in [-0.2, -0.15) is 0 Å². The van der Waals surface area contributed by atoms with E-state index in [2.05, 4.69) is 81.2 Å². The van der Waals surface area contributed by atoms with Crippen molar-refractivity contribution in [3.05, 3.63) is 12.7 Å². The molecule has 27 heavy (non-hydrogen) atoms. The average Bonchev–Trinajstić information content (AvgIpc) is 2.43. The molecule has 5 heteroatoms. The average molecular weight is 417 g/mol. The molecule has 3 atom stereocenters. The van der Waals surface area contributed by atoms with E-state index in [0.29, 0.717) is 25.4 Å². The molecule has 0 rings (SSSR count). The number of allylic oxidation sites excluding steroid dienone is 1. The number of hydrogen-bond donors (Lipinski definition) is 1. The summed E-state index contributed by atoms with van der Waals surface area (Å²) in [6, 6.07) is 0. The number of hydrogen-bond acceptors (Lipinski definition) is 3. The third-order valence-electron chi connectivity index (χ3n) is 6.65. The summed E-state index contributed by atoms with van der Waals surface area (Å²) < 4.78 is 12.9. The minimum Gasteiger partial charge on any atom is -0.417 e. The molecule has 0 spiro atoms. The first-order chi connectivity index (χ1) is 11.9. The highest BCUT2D eigenvalue weighted by Crippen LogP contribution is 2.39. The van der Waals surface area contributed by atoms with Crippen LogP contribution in [0.3, 0.4) is 0 Å². The van der Waals surface area contributed by atoms with Gasteiger partial charge in [-0.25, -0.2) is 0 Å². The van der Waals surface area contributed by atoms with Gasteiger partial charge in [0.2, 0.25) is 0 Å². The van der Waals surface area contributed by atoms with Gasteiger partial charge in [0.15, 0.2) is 16.6 Å². The zero-order chi connectivity index (χ0) is 21.7. The molecule has 0 aromatic carbocycles. The highest BCUT2D eigenvalue weighted by molar-refractivity contribution is 6.74. The summed E-state index contributed by atoms with van der Waals surface area (Å²) >= 11 is 0. The molecule has 0 aliphatic rings. The van der Waals surface area contributed by atoms with Crippen LogP contribution in [0.5, 0.6) is 0 Å². The Morgan fingerprint density at radius 1 is 0.963 bits per heavy atom. The molecule has 0 aromatic rings. The lowest BCUT2D eigenvalue weighted by Gasteiger charge is -2.41.